The van der Waals surface area contributed by atoms with E-state index in [1.54, 1.807) is 36.4 Å². The number of rotatable bonds is 6. The van der Waals surface area contributed by atoms with Crippen LogP contribution in [-0.2, 0) is 0 Å². The third-order valence-corrected chi connectivity index (χ3v) is 3.28. The number of ether oxygens (including phenoxy) is 3. The molecule has 2 rings (SSSR count). The van der Waals surface area contributed by atoms with Crippen molar-refractivity contribution >= 4 is 17.3 Å². The predicted molar refractivity (Wildman–Crippen MR) is 94.1 cm³/mol. The summed E-state index contributed by atoms with van der Waals surface area (Å²) < 4.78 is 16.0. The summed E-state index contributed by atoms with van der Waals surface area (Å²) in [5.74, 6) is 1.39. The third-order valence-electron chi connectivity index (χ3n) is 3.28. The van der Waals surface area contributed by atoms with E-state index in [0.717, 1.165) is 0 Å². The van der Waals surface area contributed by atoms with Crippen molar-refractivity contribution in [2.24, 2.45) is 0 Å². The van der Waals surface area contributed by atoms with E-state index < -0.39 is 0 Å². The second-order valence-electron chi connectivity index (χ2n) is 5.44. The molecule has 1 amide bonds. The summed E-state index contributed by atoms with van der Waals surface area (Å²) in [6.45, 7) is 3.85. The van der Waals surface area contributed by atoms with Gasteiger partial charge in [-0.15, -0.1) is 0 Å². The monoisotopic (exact) mass is 330 g/mol. The standard InChI is InChI=1S/C18H22N2O4/c1-11(2)24-16-7-5-12(9-17(16)23-4)18(21)20-13-6-8-15(22-3)14(19)10-13/h5-11H,19H2,1-4H3,(H,20,21). The van der Waals surface area contributed by atoms with Gasteiger partial charge in [-0.25, -0.2) is 0 Å². The van der Waals surface area contributed by atoms with Crippen LogP contribution in [0.2, 0.25) is 0 Å². The molecule has 0 fully saturated rings. The van der Waals surface area contributed by atoms with Gasteiger partial charge in [0.25, 0.3) is 5.91 Å². The first-order valence-electron chi connectivity index (χ1n) is 7.54. The molecule has 2 aromatic rings. The quantitative estimate of drug-likeness (QED) is 0.794. The van der Waals surface area contributed by atoms with E-state index in [1.165, 1.54) is 14.2 Å². The fourth-order valence-electron chi connectivity index (χ4n) is 2.18. The van der Waals surface area contributed by atoms with Gasteiger partial charge in [0.15, 0.2) is 11.5 Å². The lowest BCUT2D eigenvalue weighted by atomic mass is 10.1. The van der Waals surface area contributed by atoms with E-state index in [9.17, 15) is 4.79 Å². The summed E-state index contributed by atoms with van der Waals surface area (Å²) in [7, 11) is 3.07. The molecular weight excluding hydrogens is 308 g/mol. The van der Waals surface area contributed by atoms with Gasteiger partial charge in [0, 0.05) is 11.3 Å². The first kappa shape index (κ1) is 17.5. The van der Waals surface area contributed by atoms with Gasteiger partial charge in [0.2, 0.25) is 0 Å². The van der Waals surface area contributed by atoms with E-state index in [0.29, 0.717) is 34.2 Å². The first-order valence-corrected chi connectivity index (χ1v) is 7.54. The normalized spacial score (nSPS) is 10.4. The van der Waals surface area contributed by atoms with Gasteiger partial charge < -0.3 is 25.3 Å². The van der Waals surface area contributed by atoms with Crippen molar-refractivity contribution in [1.82, 2.24) is 0 Å². The molecule has 0 atom stereocenters. The van der Waals surface area contributed by atoms with Crippen LogP contribution in [0.1, 0.15) is 24.2 Å². The molecule has 0 unspecified atom stereocenters. The lowest BCUT2D eigenvalue weighted by Gasteiger charge is -2.14. The Morgan fingerprint density at radius 3 is 2.25 bits per heavy atom. The number of amides is 1. The largest absolute Gasteiger partial charge is 0.495 e. The number of hydrogen-bond donors (Lipinski definition) is 2. The number of carbonyl (C=O) groups is 1. The molecule has 0 aliphatic carbocycles. The Kier molecular flexibility index (Phi) is 5.52. The number of nitrogens with one attached hydrogen (secondary N) is 1. The fourth-order valence-corrected chi connectivity index (χ4v) is 2.18. The van der Waals surface area contributed by atoms with Crippen LogP contribution in [0, 0.1) is 0 Å². The second-order valence-corrected chi connectivity index (χ2v) is 5.44. The van der Waals surface area contributed by atoms with E-state index in [4.69, 9.17) is 19.9 Å². The van der Waals surface area contributed by atoms with Gasteiger partial charge in [0.05, 0.1) is 26.0 Å². The zero-order chi connectivity index (χ0) is 17.7. The average molecular weight is 330 g/mol. The van der Waals surface area contributed by atoms with Crippen molar-refractivity contribution in [1.29, 1.82) is 0 Å². The van der Waals surface area contributed by atoms with Crippen LogP contribution in [0.15, 0.2) is 36.4 Å². The number of hydrogen-bond acceptors (Lipinski definition) is 5. The molecule has 0 heterocycles. The van der Waals surface area contributed by atoms with Crippen LogP contribution in [-0.4, -0.2) is 26.2 Å². The second kappa shape index (κ2) is 7.59. The zero-order valence-corrected chi connectivity index (χ0v) is 14.3. The number of methoxy groups -OCH3 is 2. The Hall–Kier alpha value is -2.89. The number of nitrogen functional groups attached to an aromatic ring is 1. The van der Waals surface area contributed by atoms with Gasteiger partial charge in [0.1, 0.15) is 5.75 Å². The zero-order valence-electron chi connectivity index (χ0n) is 14.3. The number of benzene rings is 2. The number of anilines is 2. The summed E-state index contributed by atoms with van der Waals surface area (Å²) in [5, 5.41) is 2.79. The highest BCUT2D eigenvalue weighted by Crippen LogP contribution is 2.30. The highest BCUT2D eigenvalue weighted by Gasteiger charge is 2.13. The Morgan fingerprint density at radius 1 is 1.00 bits per heavy atom. The number of carbonyl (C=O) groups excluding carboxylic acids is 1. The Labute approximate surface area is 141 Å². The lowest BCUT2D eigenvalue weighted by molar-refractivity contribution is 0.102. The summed E-state index contributed by atoms with van der Waals surface area (Å²) >= 11 is 0. The van der Waals surface area contributed by atoms with Crippen molar-refractivity contribution in [2.45, 2.75) is 20.0 Å². The minimum atomic E-state index is -0.269. The molecule has 0 saturated heterocycles. The van der Waals surface area contributed by atoms with Crippen LogP contribution in [0.25, 0.3) is 0 Å². The molecule has 0 aliphatic heterocycles. The molecule has 0 aliphatic rings. The average Bonchev–Trinajstić information content (AvgIpc) is 2.54. The minimum Gasteiger partial charge on any atom is -0.495 e. The summed E-state index contributed by atoms with van der Waals surface area (Å²) in [4.78, 5) is 12.4. The molecule has 3 N–H and O–H groups in total. The van der Waals surface area contributed by atoms with Crippen LogP contribution < -0.4 is 25.3 Å². The first-order chi connectivity index (χ1) is 11.4. The molecule has 0 spiro atoms. The Balaban J connectivity index is 2.19. The molecule has 2 aromatic carbocycles. The molecule has 0 bridgehead atoms. The molecular formula is C18H22N2O4. The third kappa shape index (κ3) is 4.10. The van der Waals surface area contributed by atoms with E-state index >= 15 is 0 Å². The number of nitrogens with two attached hydrogens (primary N) is 1. The van der Waals surface area contributed by atoms with Crippen molar-refractivity contribution in [3.63, 3.8) is 0 Å². The predicted octanol–water partition coefficient (Wildman–Crippen LogP) is 3.33. The summed E-state index contributed by atoms with van der Waals surface area (Å²) in [6, 6.07) is 10.1. The van der Waals surface area contributed by atoms with E-state index in [2.05, 4.69) is 5.32 Å². The lowest BCUT2D eigenvalue weighted by Crippen LogP contribution is -2.13. The SMILES string of the molecule is COc1ccc(NC(=O)c2ccc(OC(C)C)c(OC)c2)cc1N. The van der Waals surface area contributed by atoms with Gasteiger partial charge in [-0.3, -0.25) is 4.79 Å². The highest BCUT2D eigenvalue weighted by atomic mass is 16.5. The molecule has 6 nitrogen and oxygen atoms in total. The van der Waals surface area contributed by atoms with Crippen LogP contribution >= 0.6 is 0 Å². The van der Waals surface area contributed by atoms with Crippen LogP contribution in [0.4, 0.5) is 11.4 Å². The smallest absolute Gasteiger partial charge is 0.255 e. The summed E-state index contributed by atoms with van der Waals surface area (Å²) in [6.07, 6.45) is 0.0147. The molecule has 128 valence electrons. The van der Waals surface area contributed by atoms with E-state index in [1.807, 2.05) is 13.8 Å². The molecule has 0 aromatic heterocycles. The fraction of sp³-hybridized carbons (Fsp3) is 0.278. The van der Waals surface area contributed by atoms with Crippen molar-refractivity contribution in [2.75, 3.05) is 25.3 Å². The van der Waals surface area contributed by atoms with Crippen molar-refractivity contribution < 1.29 is 19.0 Å². The Morgan fingerprint density at radius 2 is 1.67 bits per heavy atom. The Bertz CT molecular complexity index is 729. The minimum absolute atomic E-state index is 0.0147. The summed E-state index contributed by atoms with van der Waals surface area (Å²) in [5.41, 5.74) is 7.34. The maximum Gasteiger partial charge on any atom is 0.255 e. The molecule has 0 radical (unpaired) electrons. The highest BCUT2D eigenvalue weighted by molar-refractivity contribution is 6.05. The van der Waals surface area contributed by atoms with Crippen molar-refractivity contribution in [3.05, 3.63) is 42.0 Å². The van der Waals surface area contributed by atoms with Crippen LogP contribution in [0.5, 0.6) is 17.2 Å². The topological polar surface area (TPSA) is 82.8 Å². The maximum atomic E-state index is 12.4. The molecule has 24 heavy (non-hydrogen) atoms. The van der Waals surface area contributed by atoms with Crippen LogP contribution in [0.3, 0.4) is 0 Å². The molecule has 0 saturated carbocycles. The van der Waals surface area contributed by atoms with E-state index in [-0.39, 0.29) is 12.0 Å². The van der Waals surface area contributed by atoms with Crippen molar-refractivity contribution in [3.8, 4) is 17.2 Å². The maximum absolute atomic E-state index is 12.4. The van der Waals surface area contributed by atoms with Gasteiger partial charge in [-0.05, 0) is 50.2 Å². The molecule has 6 heteroatoms. The van der Waals surface area contributed by atoms with Gasteiger partial charge in [-0.1, -0.05) is 0 Å². The van der Waals surface area contributed by atoms with Gasteiger partial charge in [-0.2, -0.15) is 0 Å². The van der Waals surface area contributed by atoms with Gasteiger partial charge >= 0.3 is 0 Å².